The molecule has 25 heavy (non-hydrogen) atoms. The van der Waals surface area contributed by atoms with E-state index in [0.717, 1.165) is 57.0 Å². The standard InChI is InChI=1S/C18H19N3O2S2/c1-23-13-4-2-12(3-5-13)10-14(22)15-11-16-17(24-15)20-18(25-16)21-8-6-19-7-9-21/h2-5,11,19H,6-10H2,1H3. The molecule has 0 amide bonds. The van der Waals surface area contributed by atoms with Crippen LogP contribution >= 0.6 is 22.7 Å². The van der Waals surface area contributed by atoms with Gasteiger partial charge in [-0.1, -0.05) is 23.5 Å². The first-order valence-electron chi connectivity index (χ1n) is 8.25. The molecule has 2 aromatic heterocycles. The number of benzene rings is 1. The lowest BCUT2D eigenvalue weighted by atomic mass is 10.1. The summed E-state index contributed by atoms with van der Waals surface area (Å²) >= 11 is 3.18. The Labute approximate surface area is 154 Å². The van der Waals surface area contributed by atoms with E-state index in [1.54, 1.807) is 18.4 Å². The minimum atomic E-state index is 0.143. The lowest BCUT2D eigenvalue weighted by Gasteiger charge is -2.26. The minimum absolute atomic E-state index is 0.143. The van der Waals surface area contributed by atoms with Crippen LogP contribution in [0.5, 0.6) is 5.75 Å². The van der Waals surface area contributed by atoms with Gasteiger partial charge < -0.3 is 15.0 Å². The molecule has 0 spiro atoms. The fourth-order valence-electron chi connectivity index (χ4n) is 2.87. The van der Waals surface area contributed by atoms with Gasteiger partial charge in [-0.05, 0) is 23.8 Å². The first kappa shape index (κ1) is 16.5. The third-order valence-electron chi connectivity index (χ3n) is 4.26. The second-order valence-corrected chi connectivity index (χ2v) is 8.00. The first-order valence-corrected chi connectivity index (χ1v) is 9.88. The van der Waals surface area contributed by atoms with E-state index in [0.29, 0.717) is 6.42 Å². The van der Waals surface area contributed by atoms with Crippen molar-refractivity contribution in [1.29, 1.82) is 0 Å². The fourth-order valence-corrected chi connectivity index (χ4v) is 5.07. The maximum atomic E-state index is 12.6. The summed E-state index contributed by atoms with van der Waals surface area (Å²) in [6, 6.07) is 9.64. The predicted molar refractivity (Wildman–Crippen MR) is 104 cm³/mol. The number of nitrogens with zero attached hydrogens (tertiary/aromatic N) is 2. The van der Waals surface area contributed by atoms with Crippen molar-refractivity contribution in [1.82, 2.24) is 10.3 Å². The van der Waals surface area contributed by atoms with Crippen LogP contribution in [0.25, 0.3) is 9.53 Å². The third kappa shape index (κ3) is 3.53. The number of anilines is 1. The predicted octanol–water partition coefficient (Wildman–Crippen LogP) is 3.20. The summed E-state index contributed by atoms with van der Waals surface area (Å²) in [6.07, 6.45) is 0.405. The van der Waals surface area contributed by atoms with Gasteiger partial charge in [-0.3, -0.25) is 4.79 Å². The Morgan fingerprint density at radius 3 is 2.68 bits per heavy atom. The van der Waals surface area contributed by atoms with Crippen LogP contribution in [0.1, 0.15) is 15.2 Å². The SMILES string of the molecule is COc1ccc(CC(=O)c2cc3sc(N4CCNCC4)nc3s2)cc1. The molecule has 1 aliphatic heterocycles. The second kappa shape index (κ2) is 7.11. The van der Waals surface area contributed by atoms with E-state index in [9.17, 15) is 4.79 Å². The van der Waals surface area contributed by atoms with E-state index < -0.39 is 0 Å². The van der Waals surface area contributed by atoms with Gasteiger partial charge in [0.15, 0.2) is 10.9 Å². The monoisotopic (exact) mass is 373 g/mol. The van der Waals surface area contributed by atoms with Crippen molar-refractivity contribution in [2.24, 2.45) is 0 Å². The smallest absolute Gasteiger partial charge is 0.187 e. The van der Waals surface area contributed by atoms with Gasteiger partial charge in [0.1, 0.15) is 10.6 Å². The summed E-state index contributed by atoms with van der Waals surface area (Å²) in [7, 11) is 1.64. The number of nitrogens with one attached hydrogen (secondary N) is 1. The van der Waals surface area contributed by atoms with Crippen molar-refractivity contribution >= 4 is 43.1 Å². The number of carbonyl (C=O) groups is 1. The maximum Gasteiger partial charge on any atom is 0.187 e. The highest BCUT2D eigenvalue weighted by Gasteiger charge is 2.18. The molecule has 4 rings (SSSR count). The highest BCUT2D eigenvalue weighted by atomic mass is 32.1. The average Bonchev–Trinajstić information content (AvgIpc) is 3.22. The molecule has 130 valence electrons. The van der Waals surface area contributed by atoms with Crippen LogP contribution in [0.15, 0.2) is 30.3 Å². The summed E-state index contributed by atoms with van der Waals surface area (Å²) < 4.78 is 6.26. The van der Waals surface area contributed by atoms with Crippen LogP contribution in [0.4, 0.5) is 5.13 Å². The Morgan fingerprint density at radius 2 is 2.00 bits per heavy atom. The van der Waals surface area contributed by atoms with E-state index >= 15 is 0 Å². The van der Waals surface area contributed by atoms with Gasteiger partial charge in [0.05, 0.1) is 16.7 Å². The number of Topliss-reactive ketones (excluding diaryl/α,β-unsaturated/α-hetero) is 1. The molecule has 1 fully saturated rings. The molecule has 7 heteroatoms. The summed E-state index contributed by atoms with van der Waals surface area (Å²) in [4.78, 5) is 21.4. The quantitative estimate of drug-likeness (QED) is 0.696. The summed E-state index contributed by atoms with van der Waals surface area (Å²) in [6.45, 7) is 3.98. The number of thiophene rings is 1. The Balaban J connectivity index is 1.48. The molecule has 0 bridgehead atoms. The Kier molecular flexibility index (Phi) is 4.70. The van der Waals surface area contributed by atoms with Gasteiger partial charge >= 0.3 is 0 Å². The fraction of sp³-hybridized carbons (Fsp3) is 0.333. The summed E-state index contributed by atoms with van der Waals surface area (Å²) in [5.74, 6) is 0.946. The highest BCUT2D eigenvalue weighted by Crippen LogP contribution is 2.35. The Morgan fingerprint density at radius 1 is 1.24 bits per heavy atom. The van der Waals surface area contributed by atoms with Crippen molar-refractivity contribution in [3.8, 4) is 5.75 Å². The van der Waals surface area contributed by atoms with Crippen LogP contribution in [-0.4, -0.2) is 44.1 Å². The van der Waals surface area contributed by atoms with Crippen LogP contribution in [0.3, 0.4) is 0 Å². The van der Waals surface area contributed by atoms with Crippen LogP contribution in [0, 0.1) is 0 Å². The number of piperazine rings is 1. The molecule has 0 unspecified atom stereocenters. The average molecular weight is 374 g/mol. The van der Waals surface area contributed by atoms with Crippen molar-refractivity contribution in [2.45, 2.75) is 6.42 Å². The number of ketones is 1. The van der Waals surface area contributed by atoms with Crippen molar-refractivity contribution in [2.75, 3.05) is 38.2 Å². The van der Waals surface area contributed by atoms with Gasteiger partial charge in [0, 0.05) is 32.6 Å². The largest absolute Gasteiger partial charge is 0.497 e. The first-order chi connectivity index (χ1) is 12.2. The highest BCUT2D eigenvalue weighted by molar-refractivity contribution is 7.29. The topological polar surface area (TPSA) is 54.5 Å². The van der Waals surface area contributed by atoms with Crippen LogP contribution in [-0.2, 0) is 6.42 Å². The lowest BCUT2D eigenvalue weighted by molar-refractivity contribution is 0.0997. The molecule has 3 aromatic rings. The van der Waals surface area contributed by atoms with E-state index in [1.165, 1.54) is 11.3 Å². The normalized spacial score (nSPS) is 14.8. The molecule has 0 radical (unpaired) electrons. The number of rotatable bonds is 5. The zero-order valence-corrected chi connectivity index (χ0v) is 15.6. The zero-order chi connectivity index (χ0) is 17.2. The molecule has 1 aromatic carbocycles. The van der Waals surface area contributed by atoms with Gasteiger partial charge in [-0.15, -0.1) is 11.3 Å². The van der Waals surface area contributed by atoms with Crippen LogP contribution in [0.2, 0.25) is 0 Å². The van der Waals surface area contributed by atoms with Gasteiger partial charge in [-0.2, -0.15) is 0 Å². The Hall–Kier alpha value is -1.96. The molecule has 1 N–H and O–H groups in total. The molecular weight excluding hydrogens is 354 g/mol. The number of aromatic nitrogens is 1. The van der Waals surface area contributed by atoms with Crippen molar-refractivity contribution < 1.29 is 9.53 Å². The minimum Gasteiger partial charge on any atom is -0.497 e. The third-order valence-corrected chi connectivity index (χ3v) is 6.53. The van der Waals surface area contributed by atoms with E-state index in [2.05, 4.69) is 10.2 Å². The molecule has 1 saturated heterocycles. The van der Waals surface area contributed by atoms with Crippen molar-refractivity contribution in [3.05, 3.63) is 40.8 Å². The van der Waals surface area contributed by atoms with Gasteiger partial charge in [0.2, 0.25) is 0 Å². The number of fused-ring (bicyclic) bond motifs is 1. The molecule has 0 aliphatic carbocycles. The maximum absolute atomic E-state index is 12.6. The van der Waals surface area contributed by atoms with E-state index in [1.807, 2.05) is 30.3 Å². The number of ether oxygens (including phenoxy) is 1. The molecule has 5 nitrogen and oxygen atoms in total. The second-order valence-electron chi connectivity index (χ2n) is 5.96. The molecular formula is C18H19N3O2S2. The van der Waals surface area contributed by atoms with Gasteiger partial charge in [0.25, 0.3) is 0 Å². The number of hydrogen-bond acceptors (Lipinski definition) is 7. The van der Waals surface area contributed by atoms with Gasteiger partial charge in [-0.25, -0.2) is 4.98 Å². The lowest BCUT2D eigenvalue weighted by Crippen LogP contribution is -2.43. The molecule has 3 heterocycles. The summed E-state index contributed by atoms with van der Waals surface area (Å²) in [5, 5.41) is 4.42. The number of thiazole rings is 1. The number of methoxy groups -OCH3 is 1. The van der Waals surface area contributed by atoms with Crippen LogP contribution < -0.4 is 15.0 Å². The molecule has 1 aliphatic rings. The Bertz CT molecular complexity index is 848. The van der Waals surface area contributed by atoms with E-state index in [4.69, 9.17) is 9.72 Å². The molecule has 0 saturated carbocycles. The van der Waals surface area contributed by atoms with E-state index in [-0.39, 0.29) is 5.78 Å². The van der Waals surface area contributed by atoms with Crippen molar-refractivity contribution in [3.63, 3.8) is 0 Å². The zero-order valence-electron chi connectivity index (χ0n) is 13.9. The number of carbonyl (C=O) groups excluding carboxylic acids is 1. The number of hydrogen-bond donors (Lipinski definition) is 1. The molecule has 0 atom stereocenters. The summed E-state index contributed by atoms with van der Waals surface area (Å²) in [5.41, 5.74) is 0.997.